The molecule has 0 aliphatic carbocycles. The van der Waals surface area contributed by atoms with Gasteiger partial charge in [-0.1, -0.05) is 17.3 Å². The lowest BCUT2D eigenvalue weighted by Crippen LogP contribution is -1.84. The lowest BCUT2D eigenvalue weighted by atomic mass is 10.2. The van der Waals surface area contributed by atoms with E-state index < -0.39 is 0 Å². The van der Waals surface area contributed by atoms with E-state index >= 15 is 0 Å². The fraction of sp³-hybridized carbons (Fsp3) is 0. The van der Waals surface area contributed by atoms with Crippen LogP contribution in [0.3, 0.4) is 0 Å². The van der Waals surface area contributed by atoms with Crippen LogP contribution in [0.1, 0.15) is 0 Å². The van der Waals surface area contributed by atoms with Gasteiger partial charge in [-0.25, -0.2) is 4.39 Å². The van der Waals surface area contributed by atoms with Gasteiger partial charge in [-0.05, 0) is 12.1 Å². The number of hydrogen-bond donors (Lipinski definition) is 1. The maximum absolute atomic E-state index is 12.7. The average molecular weight is 179 g/mol. The molecule has 66 valence electrons. The molecule has 2 aromatic rings. The van der Waals surface area contributed by atoms with Gasteiger partial charge in [0.05, 0.1) is 0 Å². The Morgan fingerprint density at radius 3 is 2.85 bits per heavy atom. The van der Waals surface area contributed by atoms with Gasteiger partial charge in [-0.15, -0.1) is 0 Å². The second-order valence-electron chi connectivity index (χ2n) is 2.47. The van der Waals surface area contributed by atoms with Crippen LogP contribution < -0.4 is 5.73 Å². The van der Waals surface area contributed by atoms with Crippen molar-refractivity contribution in [2.24, 2.45) is 0 Å². The first-order chi connectivity index (χ1) is 6.25. The molecule has 0 saturated carbocycles. The predicted octanol–water partition coefficient (Wildman–Crippen LogP) is 1.46. The number of nitrogen functional groups attached to an aromatic ring is 1. The molecule has 2 N–H and O–H groups in total. The van der Waals surface area contributed by atoms with E-state index in [4.69, 9.17) is 5.73 Å². The molecule has 0 radical (unpaired) electrons. The van der Waals surface area contributed by atoms with E-state index in [1.165, 1.54) is 12.1 Å². The van der Waals surface area contributed by atoms with Crippen LogP contribution in [0.2, 0.25) is 0 Å². The highest BCUT2D eigenvalue weighted by Crippen LogP contribution is 2.16. The molecule has 0 fully saturated rings. The number of benzene rings is 1. The summed E-state index contributed by atoms with van der Waals surface area (Å²) in [5.74, 6) is -0.0575. The van der Waals surface area contributed by atoms with Gasteiger partial charge in [-0.2, -0.15) is 4.98 Å². The molecule has 0 spiro atoms. The van der Waals surface area contributed by atoms with E-state index in [2.05, 4.69) is 14.7 Å². The molecule has 1 aromatic carbocycles. The van der Waals surface area contributed by atoms with Crippen LogP contribution in [0.4, 0.5) is 10.4 Å². The summed E-state index contributed by atoms with van der Waals surface area (Å²) in [5, 5.41) is 3.55. The minimum atomic E-state index is -0.346. The summed E-state index contributed by atoms with van der Waals surface area (Å²) in [6, 6.07) is 5.86. The minimum Gasteiger partial charge on any atom is -0.351 e. The van der Waals surface area contributed by atoms with Crippen molar-refractivity contribution < 1.29 is 8.91 Å². The van der Waals surface area contributed by atoms with Crippen LogP contribution in [0.5, 0.6) is 0 Å². The van der Waals surface area contributed by atoms with Crippen molar-refractivity contribution in [3.05, 3.63) is 30.1 Å². The molecule has 0 aliphatic heterocycles. The van der Waals surface area contributed by atoms with Crippen LogP contribution in [0, 0.1) is 5.82 Å². The third-order valence-electron chi connectivity index (χ3n) is 1.52. The summed E-state index contributed by atoms with van der Waals surface area (Å²) in [4.78, 5) is 3.76. The van der Waals surface area contributed by atoms with Crippen molar-refractivity contribution in [2.45, 2.75) is 0 Å². The van der Waals surface area contributed by atoms with Gasteiger partial charge >= 0.3 is 6.01 Å². The maximum Gasteiger partial charge on any atom is 0.319 e. The molecular formula is C8H6FN3O. The van der Waals surface area contributed by atoms with Crippen LogP contribution in [0.15, 0.2) is 28.8 Å². The third-order valence-corrected chi connectivity index (χ3v) is 1.52. The van der Waals surface area contributed by atoms with Gasteiger partial charge in [0.1, 0.15) is 5.82 Å². The molecule has 1 heterocycles. The van der Waals surface area contributed by atoms with E-state index in [9.17, 15) is 4.39 Å². The van der Waals surface area contributed by atoms with E-state index in [0.29, 0.717) is 5.56 Å². The minimum absolute atomic E-state index is 0.0285. The molecule has 0 amide bonds. The lowest BCUT2D eigenvalue weighted by molar-refractivity contribution is 0.437. The summed E-state index contributed by atoms with van der Waals surface area (Å²) >= 11 is 0. The van der Waals surface area contributed by atoms with Gasteiger partial charge in [-0.3, -0.25) is 0 Å². The van der Waals surface area contributed by atoms with Gasteiger partial charge in [0.15, 0.2) is 0 Å². The lowest BCUT2D eigenvalue weighted by Gasteiger charge is -1.92. The molecule has 5 heteroatoms. The number of aromatic nitrogens is 2. The van der Waals surface area contributed by atoms with Crippen molar-refractivity contribution in [1.29, 1.82) is 0 Å². The predicted molar refractivity (Wildman–Crippen MR) is 44.1 cm³/mol. The average Bonchev–Trinajstić information content (AvgIpc) is 2.52. The Kier molecular flexibility index (Phi) is 1.70. The molecule has 0 bridgehead atoms. The highest BCUT2D eigenvalue weighted by molar-refractivity contribution is 5.54. The van der Waals surface area contributed by atoms with Crippen LogP contribution >= 0.6 is 0 Å². The SMILES string of the molecule is Nc1nc(-c2cccc(F)c2)no1. The molecule has 13 heavy (non-hydrogen) atoms. The molecule has 1 aromatic heterocycles. The van der Waals surface area contributed by atoms with Gasteiger partial charge in [0, 0.05) is 5.56 Å². The second kappa shape index (κ2) is 2.85. The molecule has 0 unspecified atom stereocenters. The van der Waals surface area contributed by atoms with Crippen molar-refractivity contribution in [3.8, 4) is 11.4 Å². The van der Waals surface area contributed by atoms with Gasteiger partial charge in [0.2, 0.25) is 5.82 Å². The van der Waals surface area contributed by atoms with E-state index in [-0.39, 0.29) is 17.7 Å². The smallest absolute Gasteiger partial charge is 0.319 e. The normalized spacial score (nSPS) is 10.2. The number of hydrogen-bond acceptors (Lipinski definition) is 4. The fourth-order valence-electron chi connectivity index (χ4n) is 0.980. The number of anilines is 1. The summed E-state index contributed by atoms with van der Waals surface area (Å²) in [5.41, 5.74) is 5.76. The van der Waals surface area contributed by atoms with E-state index in [1.807, 2.05) is 0 Å². The summed E-state index contributed by atoms with van der Waals surface area (Å²) in [6.07, 6.45) is 0. The number of halogens is 1. The summed E-state index contributed by atoms with van der Waals surface area (Å²) in [7, 11) is 0. The zero-order valence-electron chi connectivity index (χ0n) is 6.57. The Morgan fingerprint density at radius 2 is 2.23 bits per heavy atom. The first kappa shape index (κ1) is 7.72. The standard InChI is InChI=1S/C8H6FN3O/c9-6-3-1-2-5(4-6)7-11-8(10)13-12-7/h1-4H,(H2,10,11,12). The van der Waals surface area contributed by atoms with Gasteiger partial charge < -0.3 is 10.3 Å². The Labute approximate surface area is 73.2 Å². The number of nitrogens with zero attached hydrogens (tertiary/aromatic N) is 2. The van der Waals surface area contributed by atoms with Crippen LogP contribution in [-0.2, 0) is 0 Å². The maximum atomic E-state index is 12.7. The topological polar surface area (TPSA) is 64.9 Å². The van der Waals surface area contributed by atoms with Crippen molar-refractivity contribution in [2.75, 3.05) is 5.73 Å². The van der Waals surface area contributed by atoms with Crippen LogP contribution in [0.25, 0.3) is 11.4 Å². The molecule has 4 nitrogen and oxygen atoms in total. The Balaban J connectivity index is 2.46. The quantitative estimate of drug-likeness (QED) is 0.719. The molecule has 0 aliphatic rings. The Morgan fingerprint density at radius 1 is 1.38 bits per heavy atom. The summed E-state index contributed by atoms with van der Waals surface area (Å²) < 4.78 is 17.3. The molecule has 2 rings (SSSR count). The number of nitrogens with two attached hydrogens (primary N) is 1. The summed E-state index contributed by atoms with van der Waals surface area (Å²) in [6.45, 7) is 0. The number of rotatable bonds is 1. The monoisotopic (exact) mass is 179 g/mol. The van der Waals surface area contributed by atoms with E-state index in [1.54, 1.807) is 12.1 Å². The third kappa shape index (κ3) is 1.48. The zero-order chi connectivity index (χ0) is 9.26. The molecule has 0 saturated heterocycles. The highest BCUT2D eigenvalue weighted by atomic mass is 19.1. The second-order valence-corrected chi connectivity index (χ2v) is 2.47. The Hall–Kier alpha value is -1.91. The highest BCUT2D eigenvalue weighted by Gasteiger charge is 2.05. The van der Waals surface area contributed by atoms with E-state index in [0.717, 1.165) is 0 Å². The van der Waals surface area contributed by atoms with Crippen LogP contribution in [-0.4, -0.2) is 10.1 Å². The fourth-order valence-corrected chi connectivity index (χ4v) is 0.980. The van der Waals surface area contributed by atoms with Crippen molar-refractivity contribution in [3.63, 3.8) is 0 Å². The first-order valence-electron chi connectivity index (χ1n) is 3.61. The molecular weight excluding hydrogens is 173 g/mol. The van der Waals surface area contributed by atoms with Crippen molar-refractivity contribution in [1.82, 2.24) is 10.1 Å². The first-order valence-corrected chi connectivity index (χ1v) is 3.61. The van der Waals surface area contributed by atoms with Gasteiger partial charge in [0.25, 0.3) is 0 Å². The molecule has 0 atom stereocenters. The zero-order valence-corrected chi connectivity index (χ0v) is 6.57. The largest absolute Gasteiger partial charge is 0.351 e. The van der Waals surface area contributed by atoms with Crippen molar-refractivity contribution >= 4 is 6.01 Å². The Bertz CT molecular complexity index is 427.